The van der Waals surface area contributed by atoms with E-state index in [2.05, 4.69) is 13.8 Å². The van der Waals surface area contributed by atoms with E-state index >= 15 is 0 Å². The summed E-state index contributed by atoms with van der Waals surface area (Å²) in [5.74, 6) is 0.131. The molecule has 3 aromatic rings. The third-order valence-electron chi connectivity index (χ3n) is 9.31. The Morgan fingerprint density at radius 3 is 2.14 bits per heavy atom. The van der Waals surface area contributed by atoms with Gasteiger partial charge in [-0.15, -0.1) is 0 Å². The van der Waals surface area contributed by atoms with Gasteiger partial charge in [-0.1, -0.05) is 19.9 Å². The molecular formula is C37H37F6NO5. The summed E-state index contributed by atoms with van der Waals surface area (Å²) in [5.41, 5.74) is 2.20. The number of amides is 1. The molecule has 1 heterocycles. The number of hydrogen-bond donors (Lipinski definition) is 0. The van der Waals surface area contributed by atoms with Crippen molar-refractivity contribution in [2.75, 3.05) is 20.8 Å². The molecule has 1 fully saturated rings. The van der Waals surface area contributed by atoms with Gasteiger partial charge in [-0.05, 0) is 126 Å². The van der Waals surface area contributed by atoms with Crippen molar-refractivity contribution in [2.45, 2.75) is 71.5 Å². The molecule has 0 saturated carbocycles. The fraction of sp³-hybridized carbons (Fsp3) is 0.405. The Balaban J connectivity index is 1.54. The summed E-state index contributed by atoms with van der Waals surface area (Å²) in [7, 11) is 2.86. The lowest BCUT2D eigenvalue weighted by atomic mass is 9.72. The molecule has 49 heavy (non-hydrogen) atoms. The van der Waals surface area contributed by atoms with Crippen LogP contribution < -0.4 is 4.74 Å². The number of nitrogens with zero attached hydrogens (tertiary/aromatic N) is 1. The van der Waals surface area contributed by atoms with Gasteiger partial charge in [0, 0.05) is 6.54 Å². The highest BCUT2D eigenvalue weighted by Gasteiger charge is 2.44. The highest BCUT2D eigenvalue weighted by molar-refractivity contribution is 5.91. The van der Waals surface area contributed by atoms with Crippen LogP contribution >= 0.6 is 0 Å². The second kappa shape index (κ2) is 13.1. The van der Waals surface area contributed by atoms with Crippen LogP contribution in [0.2, 0.25) is 0 Å². The van der Waals surface area contributed by atoms with E-state index in [4.69, 9.17) is 14.2 Å². The number of allylic oxidation sites excluding steroid dienone is 1. The van der Waals surface area contributed by atoms with Crippen LogP contribution in [0.1, 0.15) is 84.3 Å². The van der Waals surface area contributed by atoms with E-state index in [1.54, 1.807) is 26.2 Å². The Kier molecular flexibility index (Phi) is 9.57. The number of ether oxygens (including phenoxy) is 3. The molecule has 0 N–H and O–H groups in total. The zero-order valence-corrected chi connectivity index (χ0v) is 27.9. The molecule has 3 aromatic carbocycles. The maximum absolute atomic E-state index is 13.6. The third-order valence-corrected chi connectivity index (χ3v) is 9.31. The highest BCUT2D eigenvalue weighted by Crippen LogP contribution is 2.46. The van der Waals surface area contributed by atoms with Gasteiger partial charge in [-0.2, -0.15) is 26.3 Å². The number of alkyl halides is 6. The van der Waals surface area contributed by atoms with E-state index in [0.29, 0.717) is 36.3 Å². The number of methoxy groups -OCH3 is 2. The van der Waals surface area contributed by atoms with Crippen LogP contribution in [0.3, 0.4) is 0 Å². The largest absolute Gasteiger partial charge is 0.497 e. The minimum Gasteiger partial charge on any atom is -0.497 e. The standard InChI is InChI=1S/C37H37F6NO5/c1-20-11-22(33(45)48-6)7-8-30(20)23-12-24(16-29(15-23)47-5)31-9-10-35(3,4)18-26(31)19-44-21(2)32(49-34(44)46)25-13-27(36(38,39)40)17-28(14-25)37(41,42)43/h7-8,11-17,21,32H,9-10,18-19H2,1-6H3/t21-,32-/m0/s1. The number of cyclic esters (lactones) is 1. The molecule has 1 amide bonds. The normalized spacial score (nSPS) is 19.6. The van der Waals surface area contributed by atoms with Crippen LogP contribution in [0.15, 0.2) is 60.2 Å². The summed E-state index contributed by atoms with van der Waals surface area (Å²) in [6.45, 7) is 7.71. The van der Waals surface area contributed by atoms with Crippen LogP contribution in [0, 0.1) is 12.3 Å². The lowest BCUT2D eigenvalue weighted by Crippen LogP contribution is -2.35. The van der Waals surface area contributed by atoms with Gasteiger partial charge in [-0.3, -0.25) is 4.90 Å². The summed E-state index contributed by atoms with van der Waals surface area (Å²) in [5, 5.41) is 0. The Labute approximate surface area is 280 Å². The fourth-order valence-electron chi connectivity index (χ4n) is 6.70. The Morgan fingerprint density at radius 1 is 0.939 bits per heavy atom. The first kappa shape index (κ1) is 35.8. The van der Waals surface area contributed by atoms with Crippen molar-refractivity contribution >= 4 is 17.6 Å². The zero-order chi connectivity index (χ0) is 36.1. The average molecular weight is 690 g/mol. The van der Waals surface area contributed by atoms with Crippen molar-refractivity contribution in [3.63, 3.8) is 0 Å². The van der Waals surface area contributed by atoms with Crippen LogP contribution in [0.4, 0.5) is 31.1 Å². The summed E-state index contributed by atoms with van der Waals surface area (Å²) >= 11 is 0. The van der Waals surface area contributed by atoms with Crippen LogP contribution in [0.5, 0.6) is 5.75 Å². The molecule has 1 aliphatic carbocycles. The number of esters is 1. The molecular weight excluding hydrogens is 652 g/mol. The molecule has 6 nitrogen and oxygen atoms in total. The Morgan fingerprint density at radius 2 is 1.57 bits per heavy atom. The van der Waals surface area contributed by atoms with Crippen LogP contribution in [-0.2, 0) is 21.8 Å². The van der Waals surface area contributed by atoms with Gasteiger partial charge in [-0.25, -0.2) is 9.59 Å². The number of hydrogen-bond acceptors (Lipinski definition) is 5. The van der Waals surface area contributed by atoms with Crippen molar-refractivity contribution in [2.24, 2.45) is 5.41 Å². The first-order valence-corrected chi connectivity index (χ1v) is 15.7. The SMILES string of the molecule is COC(=O)c1ccc(-c2cc(OC)cc(C3=C(CN4C(=O)O[C@H](c5cc(C(F)(F)F)cc(C(F)(F)F)c5)[C@@H]4C)CC(C)(C)CC3)c2)c(C)c1. The maximum Gasteiger partial charge on any atom is 0.416 e. The Hall–Kier alpha value is -4.48. The van der Waals surface area contributed by atoms with Crippen molar-refractivity contribution in [3.05, 3.63) is 93.6 Å². The van der Waals surface area contributed by atoms with Gasteiger partial charge in [0.2, 0.25) is 0 Å². The van der Waals surface area contributed by atoms with Gasteiger partial charge in [0.15, 0.2) is 0 Å². The monoisotopic (exact) mass is 689 g/mol. The van der Waals surface area contributed by atoms with Crippen molar-refractivity contribution in [3.8, 4) is 16.9 Å². The second-order valence-corrected chi connectivity index (χ2v) is 13.4. The summed E-state index contributed by atoms with van der Waals surface area (Å²) < 4.78 is 97.7. The zero-order valence-electron chi connectivity index (χ0n) is 27.9. The number of carbonyl (C=O) groups excluding carboxylic acids is 2. The molecule has 1 saturated heterocycles. The number of benzene rings is 3. The first-order valence-electron chi connectivity index (χ1n) is 15.7. The topological polar surface area (TPSA) is 65.1 Å². The van der Waals surface area contributed by atoms with Gasteiger partial charge < -0.3 is 14.2 Å². The van der Waals surface area contributed by atoms with Crippen molar-refractivity contribution in [1.29, 1.82) is 0 Å². The van der Waals surface area contributed by atoms with Gasteiger partial charge in [0.05, 0.1) is 37.0 Å². The molecule has 0 aromatic heterocycles. The molecule has 0 unspecified atom stereocenters. The van der Waals surface area contributed by atoms with Gasteiger partial charge >= 0.3 is 24.4 Å². The van der Waals surface area contributed by atoms with E-state index in [1.807, 2.05) is 31.2 Å². The second-order valence-electron chi connectivity index (χ2n) is 13.4. The predicted octanol–water partition coefficient (Wildman–Crippen LogP) is 10.0. The molecule has 0 spiro atoms. The maximum atomic E-state index is 13.6. The molecule has 262 valence electrons. The number of carbonyl (C=O) groups is 2. The quantitative estimate of drug-likeness (QED) is 0.183. The average Bonchev–Trinajstić information content (AvgIpc) is 3.31. The minimum absolute atomic E-state index is 0.0568. The lowest BCUT2D eigenvalue weighted by molar-refractivity contribution is -0.143. The van der Waals surface area contributed by atoms with Gasteiger partial charge in [0.25, 0.3) is 0 Å². The summed E-state index contributed by atoms with van der Waals surface area (Å²) in [4.78, 5) is 26.7. The molecule has 0 radical (unpaired) electrons. The van der Waals surface area contributed by atoms with E-state index in [0.717, 1.165) is 39.8 Å². The fourth-order valence-corrected chi connectivity index (χ4v) is 6.70. The van der Waals surface area contributed by atoms with E-state index in [-0.39, 0.29) is 23.6 Å². The van der Waals surface area contributed by atoms with Crippen LogP contribution in [0.25, 0.3) is 16.7 Å². The van der Waals surface area contributed by atoms with Gasteiger partial charge in [0.1, 0.15) is 11.9 Å². The van der Waals surface area contributed by atoms with E-state index < -0.39 is 47.7 Å². The molecule has 12 heteroatoms. The lowest BCUT2D eigenvalue weighted by Gasteiger charge is -2.35. The highest BCUT2D eigenvalue weighted by atomic mass is 19.4. The van der Waals surface area contributed by atoms with Crippen LogP contribution in [-0.4, -0.2) is 43.8 Å². The number of halogens is 6. The predicted molar refractivity (Wildman–Crippen MR) is 171 cm³/mol. The molecule has 0 bridgehead atoms. The minimum atomic E-state index is -5.04. The van der Waals surface area contributed by atoms with E-state index in [9.17, 15) is 35.9 Å². The number of aryl methyl sites for hydroxylation is 1. The summed E-state index contributed by atoms with van der Waals surface area (Å²) in [6.07, 6.45) is -10.2. The third kappa shape index (κ3) is 7.58. The molecule has 2 aliphatic rings. The summed E-state index contributed by atoms with van der Waals surface area (Å²) in [6, 6.07) is 11.4. The first-order chi connectivity index (χ1) is 22.8. The number of rotatable bonds is 7. The molecule has 1 aliphatic heterocycles. The van der Waals surface area contributed by atoms with Crippen molar-refractivity contribution in [1.82, 2.24) is 4.90 Å². The molecule has 5 rings (SSSR count). The van der Waals surface area contributed by atoms with E-state index in [1.165, 1.54) is 12.0 Å². The smallest absolute Gasteiger partial charge is 0.416 e. The Bertz CT molecular complexity index is 1780. The molecule has 2 atom stereocenters. The van der Waals surface area contributed by atoms with Crippen molar-refractivity contribution < 1.29 is 50.1 Å².